The summed E-state index contributed by atoms with van der Waals surface area (Å²) < 4.78 is 26.7. The highest BCUT2D eigenvalue weighted by Crippen LogP contribution is 2.19. The summed E-state index contributed by atoms with van der Waals surface area (Å²) in [5.41, 5.74) is 1.61. The number of nitrogens with one attached hydrogen (secondary N) is 1. The molecule has 1 aliphatic rings. The number of carbonyl (C=O) groups is 1. The standard InChI is InChI=1S/C20H23F2N3O/c21-17-7-5-16(6-8-17)9-10-23-20(26)15-24-11-13-25(14-12-24)19-4-2-1-3-18(19)22/h1-8H,9-15H2,(H,23,26). The molecule has 26 heavy (non-hydrogen) atoms. The highest BCUT2D eigenvalue weighted by Gasteiger charge is 2.20. The van der Waals surface area contributed by atoms with E-state index in [2.05, 4.69) is 10.2 Å². The summed E-state index contributed by atoms with van der Waals surface area (Å²) in [7, 11) is 0. The van der Waals surface area contributed by atoms with E-state index in [1.165, 1.54) is 18.2 Å². The van der Waals surface area contributed by atoms with Gasteiger partial charge in [-0.3, -0.25) is 9.69 Å². The van der Waals surface area contributed by atoms with Gasteiger partial charge in [-0.25, -0.2) is 8.78 Å². The van der Waals surface area contributed by atoms with Gasteiger partial charge in [0.1, 0.15) is 11.6 Å². The number of anilines is 1. The van der Waals surface area contributed by atoms with Crippen LogP contribution < -0.4 is 10.2 Å². The van der Waals surface area contributed by atoms with Gasteiger partial charge < -0.3 is 10.2 Å². The molecule has 2 aromatic rings. The number of benzene rings is 2. The lowest BCUT2D eigenvalue weighted by molar-refractivity contribution is -0.122. The molecule has 1 heterocycles. The minimum Gasteiger partial charge on any atom is -0.367 e. The molecule has 138 valence electrons. The topological polar surface area (TPSA) is 35.6 Å². The zero-order valence-corrected chi connectivity index (χ0v) is 14.6. The fourth-order valence-corrected chi connectivity index (χ4v) is 3.11. The Morgan fingerprint density at radius 2 is 1.65 bits per heavy atom. The summed E-state index contributed by atoms with van der Waals surface area (Å²) in [6.07, 6.45) is 0.674. The van der Waals surface area contributed by atoms with Gasteiger partial charge >= 0.3 is 0 Å². The van der Waals surface area contributed by atoms with Crippen LogP contribution in [0, 0.1) is 11.6 Å². The van der Waals surface area contributed by atoms with Crippen molar-refractivity contribution in [2.75, 3.05) is 44.2 Å². The predicted molar refractivity (Wildman–Crippen MR) is 98.2 cm³/mol. The molecule has 1 fully saturated rings. The first-order chi connectivity index (χ1) is 12.6. The Hall–Kier alpha value is -2.47. The molecular weight excluding hydrogens is 336 g/mol. The van der Waals surface area contributed by atoms with E-state index in [-0.39, 0.29) is 17.5 Å². The number of rotatable bonds is 6. The van der Waals surface area contributed by atoms with E-state index >= 15 is 0 Å². The second-order valence-corrected chi connectivity index (χ2v) is 6.44. The van der Waals surface area contributed by atoms with Gasteiger partial charge in [0, 0.05) is 32.7 Å². The van der Waals surface area contributed by atoms with E-state index in [1.54, 1.807) is 24.3 Å². The molecule has 0 atom stereocenters. The number of amides is 1. The summed E-state index contributed by atoms with van der Waals surface area (Å²) in [4.78, 5) is 16.2. The van der Waals surface area contributed by atoms with Crippen molar-refractivity contribution >= 4 is 11.6 Å². The van der Waals surface area contributed by atoms with Crippen LogP contribution in [0.5, 0.6) is 0 Å². The van der Waals surface area contributed by atoms with Gasteiger partial charge in [0.15, 0.2) is 0 Å². The van der Waals surface area contributed by atoms with Crippen molar-refractivity contribution in [1.82, 2.24) is 10.2 Å². The van der Waals surface area contributed by atoms with Gasteiger partial charge in [0.05, 0.1) is 12.2 Å². The van der Waals surface area contributed by atoms with Crippen LogP contribution in [0.1, 0.15) is 5.56 Å². The molecule has 0 aliphatic carbocycles. The lowest BCUT2D eigenvalue weighted by Crippen LogP contribution is -2.49. The number of hydrogen-bond acceptors (Lipinski definition) is 3. The first kappa shape index (κ1) is 18.3. The fourth-order valence-electron chi connectivity index (χ4n) is 3.11. The highest BCUT2D eigenvalue weighted by molar-refractivity contribution is 5.78. The number of para-hydroxylation sites is 1. The fraction of sp³-hybridized carbons (Fsp3) is 0.350. The quantitative estimate of drug-likeness (QED) is 0.861. The largest absolute Gasteiger partial charge is 0.367 e. The van der Waals surface area contributed by atoms with Crippen molar-refractivity contribution in [3.8, 4) is 0 Å². The molecule has 4 nitrogen and oxygen atoms in total. The van der Waals surface area contributed by atoms with E-state index in [0.717, 1.165) is 18.7 Å². The van der Waals surface area contributed by atoms with Gasteiger partial charge in [-0.15, -0.1) is 0 Å². The van der Waals surface area contributed by atoms with Crippen LogP contribution in [0.15, 0.2) is 48.5 Å². The number of nitrogens with zero attached hydrogens (tertiary/aromatic N) is 2. The van der Waals surface area contributed by atoms with Crippen LogP contribution in [0.4, 0.5) is 14.5 Å². The molecule has 1 amide bonds. The van der Waals surface area contributed by atoms with E-state index in [0.29, 0.717) is 38.3 Å². The Balaban J connectivity index is 1.38. The van der Waals surface area contributed by atoms with Crippen molar-refractivity contribution < 1.29 is 13.6 Å². The zero-order chi connectivity index (χ0) is 18.4. The second kappa shape index (κ2) is 8.76. The van der Waals surface area contributed by atoms with Gasteiger partial charge in [-0.2, -0.15) is 0 Å². The van der Waals surface area contributed by atoms with Crippen molar-refractivity contribution in [3.63, 3.8) is 0 Å². The van der Waals surface area contributed by atoms with Crippen molar-refractivity contribution in [2.45, 2.75) is 6.42 Å². The van der Waals surface area contributed by atoms with Crippen LogP contribution in [0.3, 0.4) is 0 Å². The molecule has 0 radical (unpaired) electrons. The normalized spacial score (nSPS) is 15.1. The molecular formula is C20H23F2N3O. The van der Waals surface area contributed by atoms with Crippen molar-refractivity contribution in [2.24, 2.45) is 0 Å². The average Bonchev–Trinajstić information content (AvgIpc) is 2.65. The zero-order valence-electron chi connectivity index (χ0n) is 14.6. The van der Waals surface area contributed by atoms with E-state index < -0.39 is 0 Å². The molecule has 0 saturated carbocycles. The average molecular weight is 359 g/mol. The third-order valence-electron chi connectivity index (χ3n) is 4.58. The molecule has 0 spiro atoms. The van der Waals surface area contributed by atoms with Crippen molar-refractivity contribution in [1.29, 1.82) is 0 Å². The van der Waals surface area contributed by atoms with Gasteiger partial charge in [0.2, 0.25) is 5.91 Å². The molecule has 0 unspecified atom stereocenters. The number of halogens is 2. The van der Waals surface area contributed by atoms with Gasteiger partial charge in [-0.05, 0) is 36.2 Å². The van der Waals surface area contributed by atoms with Gasteiger partial charge in [-0.1, -0.05) is 24.3 Å². The van der Waals surface area contributed by atoms with E-state index in [1.807, 2.05) is 11.0 Å². The minimum atomic E-state index is -0.257. The predicted octanol–water partition coefficient (Wildman–Crippen LogP) is 2.45. The summed E-state index contributed by atoms with van der Waals surface area (Å²) in [6, 6.07) is 13.1. The Morgan fingerprint density at radius 1 is 0.962 bits per heavy atom. The van der Waals surface area contributed by atoms with Crippen LogP contribution in [-0.4, -0.2) is 50.1 Å². The summed E-state index contributed by atoms with van der Waals surface area (Å²) in [5, 5.41) is 2.90. The lowest BCUT2D eigenvalue weighted by Gasteiger charge is -2.35. The number of piperazine rings is 1. The van der Waals surface area contributed by atoms with E-state index in [9.17, 15) is 13.6 Å². The maximum Gasteiger partial charge on any atom is 0.234 e. The molecule has 1 aliphatic heterocycles. The summed E-state index contributed by atoms with van der Waals surface area (Å²) in [5.74, 6) is -0.488. The highest BCUT2D eigenvalue weighted by atomic mass is 19.1. The molecule has 1 N–H and O–H groups in total. The minimum absolute atomic E-state index is 0.0218. The number of carbonyl (C=O) groups excluding carboxylic acids is 1. The van der Waals surface area contributed by atoms with Crippen LogP contribution in [0.2, 0.25) is 0 Å². The summed E-state index contributed by atoms with van der Waals surface area (Å²) >= 11 is 0. The molecule has 1 saturated heterocycles. The molecule has 2 aromatic carbocycles. The monoisotopic (exact) mass is 359 g/mol. The molecule has 0 aromatic heterocycles. The maximum absolute atomic E-state index is 13.8. The second-order valence-electron chi connectivity index (χ2n) is 6.44. The SMILES string of the molecule is O=C(CN1CCN(c2ccccc2F)CC1)NCCc1ccc(F)cc1. The molecule has 0 bridgehead atoms. The molecule has 6 heteroatoms. The maximum atomic E-state index is 13.8. The van der Waals surface area contributed by atoms with Crippen molar-refractivity contribution in [3.05, 3.63) is 65.7 Å². The first-order valence-electron chi connectivity index (χ1n) is 8.85. The Bertz CT molecular complexity index is 728. The Labute approximate surface area is 152 Å². The third-order valence-corrected chi connectivity index (χ3v) is 4.58. The van der Waals surface area contributed by atoms with Crippen LogP contribution >= 0.6 is 0 Å². The van der Waals surface area contributed by atoms with Crippen LogP contribution in [0.25, 0.3) is 0 Å². The first-order valence-corrected chi connectivity index (χ1v) is 8.85. The molecule has 3 rings (SSSR count). The van der Waals surface area contributed by atoms with E-state index in [4.69, 9.17) is 0 Å². The third kappa shape index (κ3) is 5.02. The Morgan fingerprint density at radius 3 is 2.35 bits per heavy atom. The lowest BCUT2D eigenvalue weighted by atomic mass is 10.1. The Kier molecular flexibility index (Phi) is 6.17. The summed E-state index contributed by atoms with van der Waals surface area (Å²) in [6.45, 7) is 3.71. The smallest absolute Gasteiger partial charge is 0.234 e. The number of hydrogen-bond donors (Lipinski definition) is 1. The van der Waals surface area contributed by atoms with Gasteiger partial charge in [0.25, 0.3) is 0 Å². The van der Waals surface area contributed by atoms with Crippen LogP contribution in [-0.2, 0) is 11.2 Å².